The average molecular weight is 346 g/mol. The Bertz CT molecular complexity index is 692. The van der Waals surface area contributed by atoms with E-state index in [0.717, 1.165) is 11.1 Å². The number of carbonyl (C=O) groups is 2. The lowest BCUT2D eigenvalue weighted by Crippen LogP contribution is -2.44. The second kappa shape index (κ2) is 9.05. The van der Waals surface area contributed by atoms with Gasteiger partial charge in [0.2, 0.25) is 5.91 Å². The van der Waals surface area contributed by atoms with E-state index in [9.17, 15) is 9.59 Å². The number of halogens is 1. The molecule has 0 aliphatic heterocycles. The molecular weight excluding hydrogens is 326 g/mol. The van der Waals surface area contributed by atoms with Crippen LogP contribution in [-0.4, -0.2) is 18.5 Å². The molecule has 0 aromatic heterocycles. The Morgan fingerprint density at radius 1 is 1.08 bits per heavy atom. The third kappa shape index (κ3) is 5.37. The minimum Gasteiger partial charge on any atom is -0.338 e. The number of urea groups is 1. The van der Waals surface area contributed by atoms with Gasteiger partial charge in [-0.1, -0.05) is 54.1 Å². The molecule has 0 unspecified atom stereocenters. The van der Waals surface area contributed by atoms with Gasteiger partial charge in [-0.15, -0.1) is 0 Å². The predicted octanol–water partition coefficient (Wildman–Crippen LogP) is 3.02. The van der Waals surface area contributed by atoms with Crippen molar-refractivity contribution in [1.82, 2.24) is 16.0 Å². The van der Waals surface area contributed by atoms with Crippen LogP contribution in [0.4, 0.5) is 4.79 Å². The van der Waals surface area contributed by atoms with Crippen LogP contribution in [0.5, 0.6) is 0 Å². The van der Waals surface area contributed by atoms with Crippen molar-refractivity contribution in [3.05, 3.63) is 70.7 Å². The SMILES string of the molecule is CCNC(=O)NC(=O)[C@@H](NCc1cccc(Cl)c1)c1ccccc1. The third-order valence-corrected chi connectivity index (χ3v) is 3.60. The summed E-state index contributed by atoms with van der Waals surface area (Å²) >= 11 is 5.98. The van der Waals surface area contributed by atoms with Crippen molar-refractivity contribution in [2.45, 2.75) is 19.5 Å². The lowest BCUT2D eigenvalue weighted by atomic mass is 10.1. The second-order valence-corrected chi connectivity index (χ2v) is 5.64. The fraction of sp³-hybridized carbons (Fsp3) is 0.222. The van der Waals surface area contributed by atoms with Crippen LogP contribution >= 0.6 is 11.6 Å². The molecule has 2 aromatic carbocycles. The molecule has 6 heteroatoms. The molecular formula is C18H20ClN3O2. The molecule has 0 saturated heterocycles. The lowest BCUT2D eigenvalue weighted by Gasteiger charge is -2.18. The summed E-state index contributed by atoms with van der Waals surface area (Å²) in [5.41, 5.74) is 1.73. The van der Waals surface area contributed by atoms with Gasteiger partial charge in [-0.05, 0) is 30.2 Å². The van der Waals surface area contributed by atoms with E-state index in [-0.39, 0.29) is 0 Å². The van der Waals surface area contributed by atoms with Crippen molar-refractivity contribution < 1.29 is 9.59 Å². The first-order valence-corrected chi connectivity index (χ1v) is 8.09. The van der Waals surface area contributed by atoms with Gasteiger partial charge in [0.15, 0.2) is 0 Å². The summed E-state index contributed by atoms with van der Waals surface area (Å²) in [7, 11) is 0. The minimum absolute atomic E-state index is 0.408. The third-order valence-electron chi connectivity index (χ3n) is 3.37. The van der Waals surface area contributed by atoms with Gasteiger partial charge in [-0.3, -0.25) is 15.4 Å². The lowest BCUT2D eigenvalue weighted by molar-refractivity contribution is -0.122. The number of imide groups is 1. The summed E-state index contributed by atoms with van der Waals surface area (Å²) in [4.78, 5) is 24.1. The largest absolute Gasteiger partial charge is 0.338 e. The van der Waals surface area contributed by atoms with E-state index in [1.165, 1.54) is 0 Å². The molecule has 2 rings (SSSR count). The van der Waals surface area contributed by atoms with Crippen molar-refractivity contribution in [3.8, 4) is 0 Å². The van der Waals surface area contributed by atoms with Crippen LogP contribution in [-0.2, 0) is 11.3 Å². The first-order chi connectivity index (χ1) is 11.6. The zero-order valence-corrected chi connectivity index (χ0v) is 14.1. The number of hydrogen-bond donors (Lipinski definition) is 3. The summed E-state index contributed by atoms with van der Waals surface area (Å²) in [5, 5.41) is 8.71. The Morgan fingerprint density at radius 3 is 2.50 bits per heavy atom. The van der Waals surface area contributed by atoms with Crippen LogP contribution < -0.4 is 16.0 Å². The predicted molar refractivity (Wildman–Crippen MR) is 94.7 cm³/mol. The topological polar surface area (TPSA) is 70.2 Å². The Balaban J connectivity index is 2.11. The molecule has 3 N–H and O–H groups in total. The van der Waals surface area contributed by atoms with E-state index in [0.29, 0.717) is 18.1 Å². The van der Waals surface area contributed by atoms with E-state index < -0.39 is 18.0 Å². The highest BCUT2D eigenvalue weighted by Gasteiger charge is 2.21. The maximum absolute atomic E-state index is 12.5. The zero-order chi connectivity index (χ0) is 17.4. The molecule has 0 saturated carbocycles. The van der Waals surface area contributed by atoms with Crippen LogP contribution in [0.1, 0.15) is 24.1 Å². The van der Waals surface area contributed by atoms with Crippen molar-refractivity contribution in [2.75, 3.05) is 6.54 Å². The van der Waals surface area contributed by atoms with Gasteiger partial charge in [-0.25, -0.2) is 4.79 Å². The van der Waals surface area contributed by atoms with Gasteiger partial charge >= 0.3 is 6.03 Å². The summed E-state index contributed by atoms with van der Waals surface area (Å²) in [5.74, 6) is -0.408. The molecule has 126 valence electrons. The monoisotopic (exact) mass is 345 g/mol. The number of rotatable bonds is 6. The standard InChI is InChI=1S/C18H20ClN3O2/c1-2-20-18(24)22-17(23)16(14-8-4-3-5-9-14)21-12-13-7-6-10-15(19)11-13/h3-11,16,21H,2,12H2,1H3,(H2,20,22,23,24)/t16-/m0/s1. The van der Waals surface area contributed by atoms with Gasteiger partial charge in [0.25, 0.3) is 0 Å². The normalized spacial score (nSPS) is 11.6. The van der Waals surface area contributed by atoms with Crippen LogP contribution in [0.25, 0.3) is 0 Å². The van der Waals surface area contributed by atoms with Gasteiger partial charge in [0, 0.05) is 18.1 Å². The maximum Gasteiger partial charge on any atom is 0.321 e. The molecule has 0 spiro atoms. The van der Waals surface area contributed by atoms with Gasteiger partial charge < -0.3 is 5.32 Å². The van der Waals surface area contributed by atoms with Gasteiger partial charge in [-0.2, -0.15) is 0 Å². The average Bonchev–Trinajstić information content (AvgIpc) is 2.56. The first-order valence-electron chi connectivity index (χ1n) is 7.71. The Hall–Kier alpha value is -2.37. The molecule has 0 aliphatic rings. The Labute approximate surface area is 146 Å². The smallest absolute Gasteiger partial charge is 0.321 e. The van der Waals surface area contributed by atoms with E-state index in [1.807, 2.05) is 48.5 Å². The van der Waals surface area contributed by atoms with Crippen LogP contribution in [0.3, 0.4) is 0 Å². The quantitative estimate of drug-likeness (QED) is 0.753. The molecule has 1 atom stereocenters. The maximum atomic E-state index is 12.5. The number of nitrogens with one attached hydrogen (secondary N) is 3. The minimum atomic E-state index is -0.646. The summed E-state index contributed by atoms with van der Waals surface area (Å²) in [6.07, 6.45) is 0. The number of carbonyl (C=O) groups excluding carboxylic acids is 2. The summed E-state index contributed by atoms with van der Waals surface area (Å²) in [6.45, 7) is 2.68. The number of benzene rings is 2. The second-order valence-electron chi connectivity index (χ2n) is 5.20. The Morgan fingerprint density at radius 2 is 1.83 bits per heavy atom. The van der Waals surface area contributed by atoms with Crippen molar-refractivity contribution in [2.24, 2.45) is 0 Å². The molecule has 0 aliphatic carbocycles. The molecule has 0 heterocycles. The van der Waals surface area contributed by atoms with Crippen LogP contribution in [0.15, 0.2) is 54.6 Å². The van der Waals surface area contributed by atoms with E-state index in [2.05, 4.69) is 16.0 Å². The molecule has 3 amide bonds. The number of hydrogen-bond acceptors (Lipinski definition) is 3. The van der Waals surface area contributed by atoms with Gasteiger partial charge in [0.05, 0.1) is 0 Å². The van der Waals surface area contributed by atoms with Crippen LogP contribution in [0, 0.1) is 0 Å². The van der Waals surface area contributed by atoms with E-state index in [4.69, 9.17) is 11.6 Å². The number of amides is 3. The van der Waals surface area contributed by atoms with Gasteiger partial charge in [0.1, 0.15) is 6.04 Å². The first kappa shape index (κ1) is 18.0. The summed E-state index contributed by atoms with van der Waals surface area (Å²) in [6, 6.07) is 15.5. The van der Waals surface area contributed by atoms with Crippen LogP contribution in [0.2, 0.25) is 5.02 Å². The molecule has 24 heavy (non-hydrogen) atoms. The van der Waals surface area contributed by atoms with E-state index in [1.54, 1.807) is 13.0 Å². The molecule has 2 aromatic rings. The summed E-state index contributed by atoms with van der Waals surface area (Å²) < 4.78 is 0. The Kier molecular flexibility index (Phi) is 6.78. The fourth-order valence-electron chi connectivity index (χ4n) is 2.26. The van der Waals surface area contributed by atoms with E-state index >= 15 is 0 Å². The molecule has 5 nitrogen and oxygen atoms in total. The highest BCUT2D eigenvalue weighted by atomic mass is 35.5. The molecule has 0 fully saturated rings. The molecule has 0 bridgehead atoms. The molecule has 0 radical (unpaired) electrons. The zero-order valence-electron chi connectivity index (χ0n) is 13.4. The fourth-order valence-corrected chi connectivity index (χ4v) is 2.48. The van der Waals surface area contributed by atoms with Crippen molar-refractivity contribution >= 4 is 23.5 Å². The van der Waals surface area contributed by atoms with Crippen molar-refractivity contribution in [3.63, 3.8) is 0 Å². The highest BCUT2D eigenvalue weighted by molar-refractivity contribution is 6.30. The van der Waals surface area contributed by atoms with Crippen molar-refractivity contribution in [1.29, 1.82) is 0 Å². The highest BCUT2D eigenvalue weighted by Crippen LogP contribution is 2.15.